The highest BCUT2D eigenvalue weighted by atomic mass is 32.2. The van der Waals surface area contributed by atoms with Gasteiger partial charge >= 0.3 is 5.25 Å². The van der Waals surface area contributed by atoms with Crippen LogP contribution < -0.4 is 0 Å². The zero-order valence-electron chi connectivity index (χ0n) is 7.92. The highest BCUT2D eigenvalue weighted by Crippen LogP contribution is 2.24. The molecule has 1 unspecified atom stereocenters. The summed E-state index contributed by atoms with van der Waals surface area (Å²) >= 11 is -3.06. The molecule has 0 amide bonds. The van der Waals surface area contributed by atoms with Gasteiger partial charge in [-0.1, -0.05) is 19.3 Å². The van der Waals surface area contributed by atoms with Gasteiger partial charge in [0.05, 0.1) is 0 Å². The average molecular weight is 230 g/mol. The van der Waals surface area contributed by atoms with Crippen LogP contribution in [0.15, 0.2) is 0 Å². The number of hydrogen-bond donors (Lipinski definition) is 2. The van der Waals surface area contributed by atoms with Crippen LogP contribution in [0.3, 0.4) is 0 Å². The molecule has 0 aromatic heterocycles. The van der Waals surface area contributed by atoms with Crippen LogP contribution in [0.4, 0.5) is 8.78 Å². The third kappa shape index (κ3) is 6.39. The third-order valence-corrected chi connectivity index (χ3v) is 2.60. The second kappa shape index (κ2) is 7.25. The molecule has 6 heteroatoms. The molecule has 0 rings (SSSR count). The van der Waals surface area contributed by atoms with Crippen LogP contribution in [0.5, 0.6) is 0 Å². The average Bonchev–Trinajstić information content (AvgIpc) is 2.10. The summed E-state index contributed by atoms with van der Waals surface area (Å²) in [5.74, 6) is 0. The normalized spacial score (nSPS) is 14.3. The molecule has 0 aromatic carbocycles. The van der Waals surface area contributed by atoms with Crippen LogP contribution in [0.25, 0.3) is 0 Å². The molecule has 86 valence electrons. The number of halogens is 2. The van der Waals surface area contributed by atoms with Crippen molar-refractivity contribution >= 4 is 11.1 Å². The molecule has 0 aliphatic heterocycles. The third-order valence-electron chi connectivity index (χ3n) is 1.88. The van der Waals surface area contributed by atoms with Gasteiger partial charge < -0.3 is 9.66 Å². The van der Waals surface area contributed by atoms with Crippen molar-refractivity contribution < 1.29 is 22.6 Å². The van der Waals surface area contributed by atoms with E-state index in [0.717, 1.165) is 12.8 Å². The lowest BCUT2D eigenvalue weighted by atomic mass is 10.1. The topological polar surface area (TPSA) is 57.5 Å². The smallest absolute Gasteiger partial charge is 0.345 e. The molecule has 0 saturated heterocycles. The van der Waals surface area contributed by atoms with E-state index in [1.165, 1.54) is 0 Å². The SMILES string of the molecule is O=S(O)C(F)(F)CCCCCCCO. The van der Waals surface area contributed by atoms with Crippen molar-refractivity contribution in [2.45, 2.75) is 43.8 Å². The van der Waals surface area contributed by atoms with E-state index in [0.29, 0.717) is 12.8 Å². The van der Waals surface area contributed by atoms with Gasteiger partial charge in [-0.25, -0.2) is 4.21 Å². The zero-order chi connectivity index (χ0) is 11.0. The molecule has 0 aliphatic carbocycles. The fourth-order valence-corrected chi connectivity index (χ4v) is 1.38. The monoisotopic (exact) mass is 230 g/mol. The van der Waals surface area contributed by atoms with Crippen LogP contribution in [0.2, 0.25) is 0 Å². The molecule has 0 saturated carbocycles. The van der Waals surface area contributed by atoms with E-state index >= 15 is 0 Å². The minimum Gasteiger partial charge on any atom is -0.396 e. The summed E-state index contributed by atoms with van der Waals surface area (Å²) in [6.45, 7) is 0.122. The number of aliphatic hydroxyl groups is 1. The molecule has 0 heterocycles. The maximum Gasteiger partial charge on any atom is 0.345 e. The van der Waals surface area contributed by atoms with Gasteiger partial charge in [0.25, 0.3) is 0 Å². The number of aliphatic hydroxyl groups excluding tert-OH is 1. The van der Waals surface area contributed by atoms with Gasteiger partial charge in [0.1, 0.15) is 0 Å². The van der Waals surface area contributed by atoms with Gasteiger partial charge in [-0.15, -0.1) is 0 Å². The Morgan fingerprint density at radius 1 is 1.07 bits per heavy atom. The minimum absolute atomic E-state index is 0.122. The summed E-state index contributed by atoms with van der Waals surface area (Å²) in [7, 11) is 0. The van der Waals surface area contributed by atoms with E-state index in [1.54, 1.807) is 0 Å². The number of hydrogen-bond acceptors (Lipinski definition) is 2. The molecule has 0 fully saturated rings. The van der Waals surface area contributed by atoms with Crippen LogP contribution >= 0.6 is 0 Å². The lowest BCUT2D eigenvalue weighted by molar-refractivity contribution is 0.0770. The fraction of sp³-hybridized carbons (Fsp3) is 1.00. The van der Waals surface area contributed by atoms with E-state index in [1.807, 2.05) is 0 Å². The van der Waals surface area contributed by atoms with Crippen molar-refractivity contribution in [3.63, 3.8) is 0 Å². The lowest BCUT2D eigenvalue weighted by Gasteiger charge is -2.10. The molecule has 0 aliphatic rings. The first kappa shape index (κ1) is 13.9. The molecule has 0 radical (unpaired) electrons. The molecule has 2 N–H and O–H groups in total. The molecule has 14 heavy (non-hydrogen) atoms. The molecule has 0 spiro atoms. The van der Waals surface area contributed by atoms with Crippen molar-refractivity contribution in [2.24, 2.45) is 0 Å². The minimum atomic E-state index is -3.48. The summed E-state index contributed by atoms with van der Waals surface area (Å²) in [5, 5.41) is 4.96. The van der Waals surface area contributed by atoms with E-state index in [2.05, 4.69) is 0 Å². The Balaban J connectivity index is 3.40. The Morgan fingerprint density at radius 2 is 1.57 bits per heavy atom. The van der Waals surface area contributed by atoms with Gasteiger partial charge in [0.2, 0.25) is 11.1 Å². The summed E-state index contributed by atoms with van der Waals surface area (Å²) < 4.78 is 43.4. The predicted octanol–water partition coefficient (Wildman–Crippen LogP) is 2.13. The van der Waals surface area contributed by atoms with Gasteiger partial charge in [-0.2, -0.15) is 8.78 Å². The Morgan fingerprint density at radius 3 is 2.07 bits per heavy atom. The Labute approximate surface area is 84.8 Å². The van der Waals surface area contributed by atoms with Crippen molar-refractivity contribution in [2.75, 3.05) is 6.61 Å². The quantitative estimate of drug-likeness (QED) is 0.496. The van der Waals surface area contributed by atoms with E-state index in [-0.39, 0.29) is 13.0 Å². The second-order valence-electron chi connectivity index (χ2n) is 3.13. The van der Waals surface area contributed by atoms with Crippen LogP contribution in [-0.2, 0) is 11.1 Å². The molecule has 1 atom stereocenters. The molecular formula is C8H16F2O3S. The van der Waals surface area contributed by atoms with E-state index in [4.69, 9.17) is 9.66 Å². The van der Waals surface area contributed by atoms with Gasteiger partial charge in [0.15, 0.2) is 0 Å². The maximum atomic E-state index is 12.5. The Kier molecular flexibility index (Phi) is 7.22. The maximum absolute atomic E-state index is 12.5. The highest BCUT2D eigenvalue weighted by Gasteiger charge is 2.35. The fourth-order valence-electron chi connectivity index (χ4n) is 1.06. The lowest BCUT2D eigenvalue weighted by Crippen LogP contribution is -2.22. The molecule has 0 bridgehead atoms. The summed E-state index contributed by atoms with van der Waals surface area (Å²) in [6.07, 6.45) is 2.56. The van der Waals surface area contributed by atoms with E-state index in [9.17, 15) is 13.0 Å². The van der Waals surface area contributed by atoms with Gasteiger partial charge in [0, 0.05) is 13.0 Å². The first-order valence-electron chi connectivity index (χ1n) is 4.60. The molecule has 0 aromatic rings. The van der Waals surface area contributed by atoms with Crippen LogP contribution in [0.1, 0.15) is 38.5 Å². The first-order valence-corrected chi connectivity index (χ1v) is 5.71. The zero-order valence-corrected chi connectivity index (χ0v) is 8.73. The Hall–Kier alpha value is -0.0700. The Bertz CT molecular complexity index is 176. The summed E-state index contributed by atoms with van der Waals surface area (Å²) in [6, 6.07) is 0. The standard InChI is InChI=1S/C8H16F2O3S/c9-8(10,14(12)13)6-4-2-1-3-5-7-11/h11H,1-7H2,(H,12,13). The largest absolute Gasteiger partial charge is 0.396 e. The van der Waals surface area contributed by atoms with Gasteiger partial charge in [-0.05, 0) is 12.8 Å². The van der Waals surface area contributed by atoms with Gasteiger partial charge in [-0.3, -0.25) is 0 Å². The highest BCUT2D eigenvalue weighted by molar-refractivity contribution is 7.80. The van der Waals surface area contributed by atoms with E-state index < -0.39 is 22.8 Å². The van der Waals surface area contributed by atoms with Crippen LogP contribution in [-0.4, -0.2) is 25.7 Å². The summed E-state index contributed by atoms with van der Waals surface area (Å²) in [4.78, 5) is 0. The second-order valence-corrected chi connectivity index (χ2v) is 4.22. The number of rotatable bonds is 8. The van der Waals surface area contributed by atoms with Crippen molar-refractivity contribution in [1.29, 1.82) is 0 Å². The number of unbranched alkanes of at least 4 members (excludes halogenated alkanes) is 4. The molecule has 3 nitrogen and oxygen atoms in total. The molecular weight excluding hydrogens is 214 g/mol. The number of alkyl halides is 2. The summed E-state index contributed by atoms with van der Waals surface area (Å²) in [5.41, 5.74) is 0. The first-order chi connectivity index (χ1) is 6.50. The predicted molar refractivity (Wildman–Crippen MR) is 50.5 cm³/mol. The van der Waals surface area contributed by atoms with Crippen molar-refractivity contribution in [3.05, 3.63) is 0 Å². The van der Waals surface area contributed by atoms with Crippen molar-refractivity contribution in [1.82, 2.24) is 0 Å². The van der Waals surface area contributed by atoms with Crippen molar-refractivity contribution in [3.8, 4) is 0 Å². The van der Waals surface area contributed by atoms with Crippen LogP contribution in [0, 0.1) is 0 Å².